The first kappa shape index (κ1) is 17.7. The first-order chi connectivity index (χ1) is 12.4. The molecule has 2 N–H and O–H groups in total. The van der Waals surface area contributed by atoms with Crippen molar-refractivity contribution >= 4 is 23.0 Å². The van der Waals surface area contributed by atoms with Crippen LogP contribution in [0.1, 0.15) is 32.6 Å². The Bertz CT molecular complexity index is 943. The fraction of sp³-hybridized carbons (Fsp3) is 0.182. The number of nitrogens with one attached hydrogen (secondary N) is 2. The molecule has 0 fully saturated rings. The molecule has 0 unspecified atom stereocenters. The van der Waals surface area contributed by atoms with Gasteiger partial charge in [-0.15, -0.1) is 0 Å². The van der Waals surface area contributed by atoms with E-state index in [0.717, 1.165) is 28.2 Å². The molecule has 4 nitrogen and oxygen atoms in total. The fourth-order valence-electron chi connectivity index (χ4n) is 2.87. The van der Waals surface area contributed by atoms with Crippen LogP contribution < -0.4 is 10.6 Å². The van der Waals surface area contributed by atoms with Gasteiger partial charge in [-0.3, -0.25) is 9.78 Å². The molecule has 0 aliphatic rings. The number of hydrogen-bond acceptors (Lipinski definition) is 3. The number of anilines is 3. The van der Waals surface area contributed by atoms with E-state index in [0.29, 0.717) is 5.56 Å². The van der Waals surface area contributed by atoms with E-state index < -0.39 is 0 Å². The molecule has 3 rings (SSSR count). The minimum absolute atomic E-state index is 0.175. The number of aromatic nitrogens is 1. The summed E-state index contributed by atoms with van der Waals surface area (Å²) in [6, 6.07) is 14.0. The first-order valence-corrected chi connectivity index (χ1v) is 8.60. The summed E-state index contributed by atoms with van der Waals surface area (Å²) in [6.45, 7) is 8.18. The lowest BCUT2D eigenvalue weighted by molar-refractivity contribution is 0.102. The van der Waals surface area contributed by atoms with E-state index >= 15 is 0 Å². The maximum atomic E-state index is 12.6. The summed E-state index contributed by atoms with van der Waals surface area (Å²) in [4.78, 5) is 16.8. The van der Waals surface area contributed by atoms with Gasteiger partial charge < -0.3 is 10.6 Å². The van der Waals surface area contributed by atoms with Crippen molar-refractivity contribution in [1.29, 1.82) is 0 Å². The van der Waals surface area contributed by atoms with E-state index in [9.17, 15) is 4.79 Å². The molecular formula is C22H23N3O. The maximum Gasteiger partial charge on any atom is 0.257 e. The second-order valence-corrected chi connectivity index (χ2v) is 6.72. The normalized spacial score (nSPS) is 10.5. The SMILES string of the molecule is Cc1cc(C)cc(NC(=O)c2cncc(Nc3ccc(C)c(C)c3)c2)c1. The van der Waals surface area contributed by atoms with E-state index in [1.165, 1.54) is 11.1 Å². The zero-order valence-corrected chi connectivity index (χ0v) is 15.6. The number of carbonyl (C=O) groups is 1. The molecule has 3 aromatic rings. The lowest BCUT2D eigenvalue weighted by Crippen LogP contribution is -2.12. The molecule has 132 valence electrons. The van der Waals surface area contributed by atoms with Crippen LogP contribution in [0.3, 0.4) is 0 Å². The van der Waals surface area contributed by atoms with Crippen molar-refractivity contribution in [3.8, 4) is 0 Å². The Morgan fingerprint density at radius 2 is 1.50 bits per heavy atom. The molecule has 1 heterocycles. The Kier molecular flexibility index (Phi) is 5.03. The van der Waals surface area contributed by atoms with Gasteiger partial charge in [-0.05, 0) is 80.3 Å². The molecule has 0 aliphatic heterocycles. The van der Waals surface area contributed by atoms with E-state index in [2.05, 4.69) is 47.7 Å². The van der Waals surface area contributed by atoms with E-state index in [4.69, 9.17) is 0 Å². The Hall–Kier alpha value is -3.14. The van der Waals surface area contributed by atoms with Crippen LogP contribution in [0, 0.1) is 27.7 Å². The quantitative estimate of drug-likeness (QED) is 0.673. The van der Waals surface area contributed by atoms with Crippen molar-refractivity contribution in [3.63, 3.8) is 0 Å². The van der Waals surface area contributed by atoms with Crippen LogP contribution in [0.25, 0.3) is 0 Å². The minimum Gasteiger partial charge on any atom is -0.354 e. The number of nitrogens with zero attached hydrogens (tertiary/aromatic N) is 1. The van der Waals surface area contributed by atoms with Crippen molar-refractivity contribution in [2.24, 2.45) is 0 Å². The molecule has 0 bridgehead atoms. The molecule has 2 aromatic carbocycles. The van der Waals surface area contributed by atoms with Crippen LogP contribution in [0.15, 0.2) is 54.9 Å². The van der Waals surface area contributed by atoms with Crippen LogP contribution in [0.2, 0.25) is 0 Å². The highest BCUT2D eigenvalue weighted by Gasteiger charge is 2.09. The largest absolute Gasteiger partial charge is 0.354 e. The van der Waals surface area contributed by atoms with Gasteiger partial charge in [0.1, 0.15) is 0 Å². The highest BCUT2D eigenvalue weighted by atomic mass is 16.1. The maximum absolute atomic E-state index is 12.6. The Morgan fingerprint density at radius 3 is 2.19 bits per heavy atom. The highest BCUT2D eigenvalue weighted by molar-refractivity contribution is 6.04. The van der Waals surface area contributed by atoms with Gasteiger partial charge in [-0.1, -0.05) is 12.1 Å². The third kappa shape index (κ3) is 4.28. The van der Waals surface area contributed by atoms with Gasteiger partial charge in [0, 0.05) is 17.6 Å². The van der Waals surface area contributed by atoms with Crippen LogP contribution in [0.4, 0.5) is 17.1 Å². The van der Waals surface area contributed by atoms with Crippen molar-refractivity contribution in [3.05, 3.63) is 82.7 Å². The molecule has 0 radical (unpaired) electrons. The fourth-order valence-corrected chi connectivity index (χ4v) is 2.87. The van der Waals surface area contributed by atoms with Crippen LogP contribution >= 0.6 is 0 Å². The summed E-state index contributed by atoms with van der Waals surface area (Å²) in [5, 5.41) is 6.25. The molecule has 0 atom stereocenters. The lowest BCUT2D eigenvalue weighted by atomic mass is 10.1. The third-order valence-electron chi connectivity index (χ3n) is 4.28. The third-order valence-corrected chi connectivity index (χ3v) is 4.28. The Morgan fingerprint density at radius 1 is 0.769 bits per heavy atom. The number of carbonyl (C=O) groups excluding carboxylic acids is 1. The zero-order valence-electron chi connectivity index (χ0n) is 15.6. The van der Waals surface area contributed by atoms with Gasteiger partial charge in [0.25, 0.3) is 5.91 Å². The van der Waals surface area contributed by atoms with E-state index in [1.54, 1.807) is 18.5 Å². The number of amides is 1. The average molecular weight is 345 g/mol. The van der Waals surface area contributed by atoms with Crippen LogP contribution in [0.5, 0.6) is 0 Å². The molecule has 4 heteroatoms. The summed E-state index contributed by atoms with van der Waals surface area (Å²) in [6.07, 6.45) is 3.28. The lowest BCUT2D eigenvalue weighted by Gasteiger charge is -2.11. The predicted octanol–water partition coefficient (Wildman–Crippen LogP) is 5.31. The van der Waals surface area contributed by atoms with Crippen molar-refractivity contribution < 1.29 is 4.79 Å². The molecule has 0 spiro atoms. The summed E-state index contributed by atoms with van der Waals surface area (Å²) >= 11 is 0. The molecule has 1 aromatic heterocycles. The second-order valence-electron chi connectivity index (χ2n) is 6.72. The molecule has 0 saturated carbocycles. The summed E-state index contributed by atoms with van der Waals surface area (Å²) in [5.74, 6) is -0.175. The van der Waals surface area contributed by atoms with Gasteiger partial charge >= 0.3 is 0 Å². The van der Waals surface area contributed by atoms with Crippen LogP contribution in [-0.4, -0.2) is 10.9 Å². The number of benzene rings is 2. The first-order valence-electron chi connectivity index (χ1n) is 8.60. The number of pyridine rings is 1. The molecule has 0 aliphatic carbocycles. The number of hydrogen-bond donors (Lipinski definition) is 2. The van der Waals surface area contributed by atoms with Crippen molar-refractivity contribution in [2.45, 2.75) is 27.7 Å². The second kappa shape index (κ2) is 7.40. The summed E-state index contributed by atoms with van der Waals surface area (Å²) in [5.41, 5.74) is 7.75. The molecule has 1 amide bonds. The van der Waals surface area contributed by atoms with Gasteiger partial charge in [-0.2, -0.15) is 0 Å². The monoisotopic (exact) mass is 345 g/mol. The van der Waals surface area contributed by atoms with Crippen molar-refractivity contribution in [1.82, 2.24) is 4.98 Å². The van der Waals surface area contributed by atoms with Gasteiger partial charge in [0.15, 0.2) is 0 Å². The van der Waals surface area contributed by atoms with Crippen molar-refractivity contribution in [2.75, 3.05) is 10.6 Å². The van der Waals surface area contributed by atoms with Crippen LogP contribution in [-0.2, 0) is 0 Å². The number of aryl methyl sites for hydroxylation is 4. The van der Waals surface area contributed by atoms with E-state index in [1.807, 2.05) is 32.0 Å². The molecule has 26 heavy (non-hydrogen) atoms. The van der Waals surface area contributed by atoms with E-state index in [-0.39, 0.29) is 5.91 Å². The predicted molar refractivity (Wildman–Crippen MR) is 107 cm³/mol. The Balaban J connectivity index is 1.77. The van der Waals surface area contributed by atoms with Gasteiger partial charge in [-0.25, -0.2) is 0 Å². The topological polar surface area (TPSA) is 54.0 Å². The standard InChI is InChI=1S/C22H23N3O/c1-14-7-15(2)9-20(8-14)25-22(26)18-11-21(13-23-12-18)24-19-6-5-16(3)17(4)10-19/h5-13,24H,1-4H3,(H,25,26). The minimum atomic E-state index is -0.175. The summed E-state index contributed by atoms with van der Waals surface area (Å²) < 4.78 is 0. The summed E-state index contributed by atoms with van der Waals surface area (Å²) in [7, 11) is 0. The number of rotatable bonds is 4. The smallest absolute Gasteiger partial charge is 0.257 e. The average Bonchev–Trinajstić information content (AvgIpc) is 2.57. The Labute approximate surface area is 154 Å². The zero-order chi connectivity index (χ0) is 18.7. The van der Waals surface area contributed by atoms with Gasteiger partial charge in [0.2, 0.25) is 0 Å². The van der Waals surface area contributed by atoms with Gasteiger partial charge in [0.05, 0.1) is 17.4 Å². The highest BCUT2D eigenvalue weighted by Crippen LogP contribution is 2.20. The molecular weight excluding hydrogens is 322 g/mol. The molecule has 0 saturated heterocycles.